The van der Waals surface area contributed by atoms with Gasteiger partial charge >= 0.3 is 0 Å². The Kier molecular flexibility index (Phi) is 4.52. The maximum absolute atomic E-state index is 12.6. The van der Waals surface area contributed by atoms with Crippen LogP contribution in [0.1, 0.15) is 25.7 Å². The summed E-state index contributed by atoms with van der Waals surface area (Å²) >= 11 is 4.63. The van der Waals surface area contributed by atoms with Crippen molar-refractivity contribution in [1.82, 2.24) is 9.21 Å². The van der Waals surface area contributed by atoms with E-state index in [1.807, 2.05) is 0 Å². The van der Waals surface area contributed by atoms with Crippen LogP contribution in [0, 0.1) is 0 Å². The van der Waals surface area contributed by atoms with Gasteiger partial charge in [0.2, 0.25) is 0 Å². The molecule has 2 aliphatic rings. The van der Waals surface area contributed by atoms with Gasteiger partial charge in [-0.1, -0.05) is 6.42 Å². The molecule has 2 heterocycles. The molecule has 1 aliphatic carbocycles. The Balaban J connectivity index is 1.70. The molecule has 4 nitrogen and oxygen atoms in total. The van der Waals surface area contributed by atoms with E-state index >= 15 is 0 Å². The van der Waals surface area contributed by atoms with Crippen LogP contribution in [0.4, 0.5) is 0 Å². The van der Waals surface area contributed by atoms with Gasteiger partial charge in [-0.15, -0.1) is 11.3 Å². The number of thiophene rings is 1. The van der Waals surface area contributed by atoms with E-state index in [9.17, 15) is 8.42 Å². The lowest BCUT2D eigenvalue weighted by Crippen LogP contribution is -2.42. The van der Waals surface area contributed by atoms with Gasteiger partial charge in [-0.3, -0.25) is 4.90 Å². The van der Waals surface area contributed by atoms with Crippen LogP contribution >= 0.6 is 27.3 Å². The van der Waals surface area contributed by atoms with E-state index in [0.29, 0.717) is 23.3 Å². The average Bonchev–Trinajstić information content (AvgIpc) is 2.64. The standard InChI is InChI=1S/C13H19BrN2O2S2/c14-12-5-6-13(19-12)20(17,18)16-8-2-7-15(9-10-16)11-3-1-4-11/h5-6,11H,1-4,7-10H2. The molecule has 0 N–H and O–H groups in total. The Morgan fingerprint density at radius 1 is 1.10 bits per heavy atom. The van der Waals surface area contributed by atoms with Gasteiger partial charge in [0.25, 0.3) is 10.0 Å². The Morgan fingerprint density at radius 2 is 1.90 bits per heavy atom. The van der Waals surface area contributed by atoms with Gasteiger partial charge < -0.3 is 0 Å². The Labute approximate surface area is 132 Å². The van der Waals surface area contributed by atoms with E-state index in [1.165, 1.54) is 30.6 Å². The maximum atomic E-state index is 12.6. The molecule has 7 heteroatoms. The van der Waals surface area contributed by atoms with Crippen molar-refractivity contribution in [3.63, 3.8) is 0 Å². The number of halogens is 1. The Bertz CT molecular complexity index is 569. The van der Waals surface area contributed by atoms with Crippen LogP contribution in [-0.2, 0) is 10.0 Å². The summed E-state index contributed by atoms with van der Waals surface area (Å²) in [5, 5.41) is 0. The minimum Gasteiger partial charge on any atom is -0.299 e. The highest BCUT2D eigenvalue weighted by atomic mass is 79.9. The van der Waals surface area contributed by atoms with Crippen molar-refractivity contribution in [3.8, 4) is 0 Å². The molecule has 1 aromatic heterocycles. The summed E-state index contributed by atoms with van der Waals surface area (Å²) in [7, 11) is -3.31. The smallest absolute Gasteiger partial charge is 0.252 e. The van der Waals surface area contributed by atoms with E-state index in [4.69, 9.17) is 0 Å². The fourth-order valence-corrected chi connectivity index (χ4v) is 6.47. The molecule has 0 spiro atoms. The van der Waals surface area contributed by atoms with E-state index in [1.54, 1.807) is 16.4 Å². The molecule has 1 aromatic rings. The van der Waals surface area contributed by atoms with Gasteiger partial charge in [0.05, 0.1) is 3.79 Å². The van der Waals surface area contributed by atoms with Crippen molar-refractivity contribution in [1.29, 1.82) is 0 Å². The Hall–Kier alpha value is 0.0500. The highest BCUT2D eigenvalue weighted by Gasteiger charge is 2.31. The molecule has 20 heavy (non-hydrogen) atoms. The fraction of sp³-hybridized carbons (Fsp3) is 0.692. The maximum Gasteiger partial charge on any atom is 0.252 e. The van der Waals surface area contributed by atoms with Crippen molar-refractivity contribution < 1.29 is 8.42 Å². The predicted octanol–water partition coefficient (Wildman–Crippen LogP) is 2.76. The topological polar surface area (TPSA) is 40.6 Å². The first-order chi connectivity index (χ1) is 9.57. The highest BCUT2D eigenvalue weighted by Crippen LogP contribution is 2.30. The molecule has 112 valence electrons. The first kappa shape index (κ1) is 15.0. The second-order valence-corrected chi connectivity index (χ2v) is 10.1. The van der Waals surface area contributed by atoms with E-state index in [2.05, 4.69) is 20.8 Å². The lowest BCUT2D eigenvalue weighted by Gasteiger charge is -2.36. The van der Waals surface area contributed by atoms with Gasteiger partial charge in [-0.25, -0.2) is 8.42 Å². The van der Waals surface area contributed by atoms with Crippen LogP contribution in [0.5, 0.6) is 0 Å². The lowest BCUT2D eigenvalue weighted by molar-refractivity contribution is 0.134. The van der Waals surface area contributed by atoms with Gasteiger partial charge in [-0.2, -0.15) is 4.31 Å². The van der Waals surface area contributed by atoms with Crippen molar-refractivity contribution in [3.05, 3.63) is 15.9 Å². The molecule has 0 amide bonds. The minimum atomic E-state index is -3.31. The first-order valence-corrected chi connectivity index (χ1v) is 10.1. The van der Waals surface area contributed by atoms with E-state index < -0.39 is 10.0 Å². The first-order valence-electron chi connectivity index (χ1n) is 7.07. The molecule has 0 bridgehead atoms. The molecular formula is C13H19BrN2O2S2. The summed E-state index contributed by atoms with van der Waals surface area (Å²) < 4.78 is 28.2. The zero-order valence-electron chi connectivity index (χ0n) is 11.3. The van der Waals surface area contributed by atoms with Crippen LogP contribution in [0.15, 0.2) is 20.1 Å². The SMILES string of the molecule is O=S(=O)(c1ccc(Br)s1)N1CCCN(C2CCC2)CC1. The van der Waals surface area contributed by atoms with E-state index in [-0.39, 0.29) is 0 Å². The summed E-state index contributed by atoms with van der Waals surface area (Å²) in [5.74, 6) is 0. The van der Waals surface area contributed by atoms with Crippen LogP contribution < -0.4 is 0 Å². The quantitative estimate of drug-likeness (QED) is 0.811. The molecular weight excluding hydrogens is 360 g/mol. The highest BCUT2D eigenvalue weighted by molar-refractivity contribution is 9.11. The predicted molar refractivity (Wildman–Crippen MR) is 84.6 cm³/mol. The second-order valence-electron chi connectivity index (χ2n) is 5.44. The average molecular weight is 379 g/mol. The molecule has 2 fully saturated rings. The van der Waals surface area contributed by atoms with Gasteiger partial charge in [0.15, 0.2) is 0 Å². The van der Waals surface area contributed by atoms with E-state index in [0.717, 1.165) is 23.3 Å². The number of rotatable bonds is 3. The second kappa shape index (κ2) is 6.04. The molecule has 3 rings (SSSR count). The van der Waals surface area contributed by atoms with Crippen molar-refractivity contribution in [2.45, 2.75) is 35.9 Å². The van der Waals surface area contributed by atoms with Crippen LogP contribution in [0.3, 0.4) is 0 Å². The molecule has 1 aliphatic heterocycles. The molecule has 0 radical (unpaired) electrons. The summed E-state index contributed by atoms with van der Waals surface area (Å²) in [4.78, 5) is 2.48. The third-order valence-electron chi connectivity index (χ3n) is 4.22. The van der Waals surface area contributed by atoms with Crippen LogP contribution in [0.2, 0.25) is 0 Å². The van der Waals surface area contributed by atoms with Gasteiger partial charge in [-0.05, 0) is 53.9 Å². The van der Waals surface area contributed by atoms with Crippen LogP contribution in [0.25, 0.3) is 0 Å². The monoisotopic (exact) mass is 378 g/mol. The van der Waals surface area contributed by atoms with Crippen LogP contribution in [-0.4, -0.2) is 49.8 Å². The summed E-state index contributed by atoms with van der Waals surface area (Å²) in [6, 6.07) is 4.20. The van der Waals surface area contributed by atoms with Crippen molar-refractivity contribution in [2.24, 2.45) is 0 Å². The number of nitrogens with zero attached hydrogens (tertiary/aromatic N) is 2. The zero-order valence-corrected chi connectivity index (χ0v) is 14.5. The number of hydrogen-bond donors (Lipinski definition) is 0. The molecule has 0 aromatic carbocycles. The largest absolute Gasteiger partial charge is 0.299 e. The van der Waals surface area contributed by atoms with Crippen molar-refractivity contribution in [2.75, 3.05) is 26.2 Å². The third kappa shape index (κ3) is 2.97. The third-order valence-corrected chi connectivity index (χ3v) is 8.21. The minimum absolute atomic E-state index is 0.446. The zero-order chi connectivity index (χ0) is 14.2. The number of hydrogen-bond acceptors (Lipinski definition) is 4. The molecule has 1 saturated heterocycles. The summed E-state index contributed by atoms with van der Waals surface area (Å²) in [5.41, 5.74) is 0. The van der Waals surface area contributed by atoms with Gasteiger partial charge in [0.1, 0.15) is 4.21 Å². The normalized spacial score (nSPS) is 23.4. The lowest BCUT2D eigenvalue weighted by atomic mass is 9.91. The molecule has 0 atom stereocenters. The van der Waals surface area contributed by atoms with Crippen molar-refractivity contribution >= 4 is 37.3 Å². The summed E-state index contributed by atoms with van der Waals surface area (Å²) in [6.45, 7) is 3.16. The molecule has 0 unspecified atom stereocenters. The Morgan fingerprint density at radius 3 is 2.50 bits per heavy atom. The molecule has 1 saturated carbocycles. The summed E-state index contributed by atoms with van der Waals surface area (Å²) in [6.07, 6.45) is 4.82. The van der Waals surface area contributed by atoms with Gasteiger partial charge in [0, 0.05) is 25.7 Å². The number of sulfonamides is 1. The fourth-order valence-electron chi connectivity index (χ4n) is 2.83.